The highest BCUT2D eigenvalue weighted by Gasteiger charge is 2.10. The van der Waals surface area contributed by atoms with E-state index in [0.29, 0.717) is 5.92 Å². The summed E-state index contributed by atoms with van der Waals surface area (Å²) in [5.41, 5.74) is 4.08. The lowest BCUT2D eigenvalue weighted by Crippen LogP contribution is -2.02. The van der Waals surface area contributed by atoms with Gasteiger partial charge in [0.25, 0.3) is 0 Å². The minimum Gasteiger partial charge on any atom is -0.258 e. The predicted molar refractivity (Wildman–Crippen MR) is 90.3 cm³/mol. The Morgan fingerprint density at radius 1 is 1.00 bits per heavy atom. The molecule has 0 N–H and O–H groups in total. The van der Waals surface area contributed by atoms with Crippen LogP contribution in [-0.2, 0) is 0 Å². The molecule has 22 heavy (non-hydrogen) atoms. The number of allylic oxidation sites excluding steroid dienone is 1. The average Bonchev–Trinajstić information content (AvgIpc) is 2.54. The molecule has 1 aliphatic carbocycles. The van der Waals surface area contributed by atoms with E-state index in [4.69, 9.17) is 0 Å². The van der Waals surface area contributed by atoms with E-state index in [0.717, 1.165) is 28.5 Å². The highest BCUT2D eigenvalue weighted by molar-refractivity contribution is 5.62. The molecule has 1 saturated carbocycles. The second kappa shape index (κ2) is 6.82. The van der Waals surface area contributed by atoms with E-state index in [1.807, 2.05) is 32.2 Å². The van der Waals surface area contributed by atoms with Gasteiger partial charge >= 0.3 is 0 Å². The third-order valence-corrected chi connectivity index (χ3v) is 4.34. The third-order valence-electron chi connectivity index (χ3n) is 4.34. The van der Waals surface area contributed by atoms with Crippen LogP contribution in [0.15, 0.2) is 30.5 Å². The predicted octanol–water partition coefficient (Wildman–Crippen LogP) is 4.75. The van der Waals surface area contributed by atoms with Crippen LogP contribution in [0, 0.1) is 19.8 Å². The van der Waals surface area contributed by atoms with E-state index in [9.17, 15) is 0 Å². The minimum absolute atomic E-state index is 0.698. The van der Waals surface area contributed by atoms with Gasteiger partial charge in [0.15, 0.2) is 5.82 Å². The number of aryl methyl sites for hydroxylation is 2. The Hall–Kier alpha value is -2.03. The number of hydrogen-bond acceptors (Lipinski definition) is 3. The molecule has 2 aromatic rings. The van der Waals surface area contributed by atoms with Crippen LogP contribution in [0.25, 0.3) is 17.3 Å². The van der Waals surface area contributed by atoms with Crippen LogP contribution in [0.3, 0.4) is 0 Å². The summed E-state index contributed by atoms with van der Waals surface area (Å²) in [6.07, 6.45) is 12.9. The van der Waals surface area contributed by atoms with Gasteiger partial charge in [-0.15, -0.1) is 0 Å². The smallest absolute Gasteiger partial charge is 0.152 e. The van der Waals surface area contributed by atoms with E-state index in [-0.39, 0.29) is 0 Å². The van der Waals surface area contributed by atoms with Crippen LogP contribution >= 0.6 is 0 Å². The molecule has 2 aromatic heterocycles. The number of rotatable bonds is 3. The Kier molecular flexibility index (Phi) is 4.62. The first-order valence-electron chi connectivity index (χ1n) is 8.18. The summed E-state index contributed by atoms with van der Waals surface area (Å²) in [5.74, 6) is 1.49. The molecule has 3 nitrogen and oxygen atoms in total. The molecule has 0 bridgehead atoms. The molecular weight excluding hydrogens is 270 g/mol. The number of hydrogen-bond donors (Lipinski definition) is 0. The van der Waals surface area contributed by atoms with E-state index >= 15 is 0 Å². The van der Waals surface area contributed by atoms with Crippen LogP contribution in [0.5, 0.6) is 0 Å². The summed E-state index contributed by atoms with van der Waals surface area (Å²) < 4.78 is 0. The van der Waals surface area contributed by atoms with Crippen LogP contribution in [0.4, 0.5) is 0 Å². The van der Waals surface area contributed by atoms with E-state index < -0.39 is 0 Å². The van der Waals surface area contributed by atoms with Crippen LogP contribution < -0.4 is 0 Å². The number of aromatic nitrogens is 3. The van der Waals surface area contributed by atoms with Gasteiger partial charge in [-0.3, -0.25) is 4.98 Å². The fourth-order valence-corrected chi connectivity index (χ4v) is 3.11. The summed E-state index contributed by atoms with van der Waals surface area (Å²) >= 11 is 0. The lowest BCUT2D eigenvalue weighted by molar-refractivity contribution is 0.420. The molecule has 3 rings (SSSR count). The molecule has 3 heteroatoms. The summed E-state index contributed by atoms with van der Waals surface area (Å²) in [5, 5.41) is 0. The standard InChI is InChI=1S/C19H23N3/c1-14-8-10-17(15(2)21-14)18-12-13-20-19(22-18)11-9-16-6-4-3-5-7-16/h8-13,16H,3-7H2,1-2H3/b11-9+. The van der Waals surface area contributed by atoms with Crippen molar-refractivity contribution >= 4 is 6.08 Å². The van der Waals surface area contributed by atoms with Crippen molar-refractivity contribution in [1.82, 2.24) is 15.0 Å². The van der Waals surface area contributed by atoms with Crippen molar-refractivity contribution in [3.05, 3.63) is 47.7 Å². The average molecular weight is 293 g/mol. The zero-order valence-corrected chi connectivity index (χ0v) is 13.4. The Morgan fingerprint density at radius 3 is 2.59 bits per heavy atom. The van der Waals surface area contributed by atoms with Gasteiger partial charge in [0.05, 0.1) is 5.69 Å². The Balaban J connectivity index is 1.81. The molecule has 2 heterocycles. The van der Waals surface area contributed by atoms with Gasteiger partial charge in [0.2, 0.25) is 0 Å². The van der Waals surface area contributed by atoms with E-state index in [2.05, 4.69) is 33.2 Å². The molecule has 0 amide bonds. The normalized spacial score (nSPS) is 16.3. The minimum atomic E-state index is 0.698. The van der Waals surface area contributed by atoms with Crippen LogP contribution in [0.1, 0.15) is 49.3 Å². The first kappa shape index (κ1) is 14.9. The molecule has 0 unspecified atom stereocenters. The molecule has 0 aliphatic heterocycles. The highest BCUT2D eigenvalue weighted by Crippen LogP contribution is 2.25. The van der Waals surface area contributed by atoms with Crippen molar-refractivity contribution in [3.63, 3.8) is 0 Å². The van der Waals surface area contributed by atoms with Crippen LogP contribution in [-0.4, -0.2) is 15.0 Å². The summed E-state index contributed by atoms with van der Waals surface area (Å²) in [4.78, 5) is 13.6. The quantitative estimate of drug-likeness (QED) is 0.819. The van der Waals surface area contributed by atoms with Gasteiger partial charge in [-0.05, 0) is 56.9 Å². The SMILES string of the molecule is Cc1ccc(-c2ccnc(/C=C/C3CCCCC3)n2)c(C)n1. The maximum atomic E-state index is 4.68. The maximum Gasteiger partial charge on any atom is 0.152 e. The number of nitrogens with zero attached hydrogens (tertiary/aromatic N) is 3. The van der Waals surface area contributed by atoms with Crippen molar-refractivity contribution < 1.29 is 0 Å². The molecule has 0 atom stereocenters. The second-order valence-corrected chi connectivity index (χ2v) is 6.14. The molecule has 1 fully saturated rings. The summed E-state index contributed by atoms with van der Waals surface area (Å²) in [6.45, 7) is 4.04. The molecule has 0 spiro atoms. The topological polar surface area (TPSA) is 38.7 Å². The second-order valence-electron chi connectivity index (χ2n) is 6.14. The molecule has 0 radical (unpaired) electrons. The van der Waals surface area contributed by atoms with E-state index in [1.165, 1.54) is 32.1 Å². The zero-order chi connectivity index (χ0) is 15.4. The van der Waals surface area contributed by atoms with E-state index in [1.54, 1.807) is 0 Å². The van der Waals surface area contributed by atoms with Gasteiger partial charge in [0.1, 0.15) is 0 Å². The highest BCUT2D eigenvalue weighted by atomic mass is 14.9. The number of pyridine rings is 1. The third kappa shape index (κ3) is 3.59. The fraction of sp³-hybridized carbons (Fsp3) is 0.421. The van der Waals surface area contributed by atoms with Gasteiger partial charge in [-0.25, -0.2) is 9.97 Å². The van der Waals surface area contributed by atoms with Crippen molar-refractivity contribution in [1.29, 1.82) is 0 Å². The lowest BCUT2D eigenvalue weighted by Gasteiger charge is -2.17. The Morgan fingerprint density at radius 2 is 1.82 bits per heavy atom. The van der Waals surface area contributed by atoms with Crippen molar-refractivity contribution in [2.75, 3.05) is 0 Å². The van der Waals surface area contributed by atoms with Gasteiger partial charge in [-0.2, -0.15) is 0 Å². The first-order valence-corrected chi connectivity index (χ1v) is 8.18. The van der Waals surface area contributed by atoms with Gasteiger partial charge < -0.3 is 0 Å². The first-order chi connectivity index (χ1) is 10.7. The van der Waals surface area contributed by atoms with Gasteiger partial charge in [0, 0.05) is 23.1 Å². The van der Waals surface area contributed by atoms with Gasteiger partial charge in [-0.1, -0.05) is 25.3 Å². The summed E-state index contributed by atoms with van der Waals surface area (Å²) in [7, 11) is 0. The molecule has 1 aliphatic rings. The zero-order valence-electron chi connectivity index (χ0n) is 13.4. The maximum absolute atomic E-state index is 4.68. The lowest BCUT2D eigenvalue weighted by atomic mass is 9.89. The van der Waals surface area contributed by atoms with Crippen molar-refractivity contribution in [2.45, 2.75) is 46.0 Å². The summed E-state index contributed by atoms with van der Waals surface area (Å²) in [6, 6.07) is 6.08. The Bertz CT molecular complexity index is 670. The fourth-order valence-electron chi connectivity index (χ4n) is 3.11. The van der Waals surface area contributed by atoms with Crippen LogP contribution in [0.2, 0.25) is 0 Å². The van der Waals surface area contributed by atoms with Crippen molar-refractivity contribution in [3.8, 4) is 11.3 Å². The Labute approximate surface area is 132 Å². The largest absolute Gasteiger partial charge is 0.258 e. The molecular formula is C19H23N3. The molecule has 0 aromatic carbocycles. The molecule has 114 valence electrons. The van der Waals surface area contributed by atoms with Crippen molar-refractivity contribution in [2.24, 2.45) is 5.92 Å². The molecule has 0 saturated heterocycles. The monoisotopic (exact) mass is 293 g/mol.